The van der Waals surface area contributed by atoms with Gasteiger partial charge in [-0.25, -0.2) is 0 Å². The number of nitrogens with two attached hydrogens (primary N) is 1. The summed E-state index contributed by atoms with van der Waals surface area (Å²) in [6.07, 6.45) is 4.88. The fraction of sp³-hybridized carbons (Fsp3) is 0.500. The molecule has 1 heterocycles. The van der Waals surface area contributed by atoms with Crippen molar-refractivity contribution in [1.29, 1.82) is 0 Å². The van der Waals surface area contributed by atoms with Gasteiger partial charge in [-0.3, -0.25) is 9.79 Å². The topological polar surface area (TPSA) is 70.7 Å². The van der Waals surface area contributed by atoms with Crippen molar-refractivity contribution in [2.24, 2.45) is 4.99 Å². The predicted octanol–water partition coefficient (Wildman–Crippen LogP) is 2.57. The number of hydrogen-bond donors (Lipinski definition) is 2. The van der Waals surface area contributed by atoms with Crippen LogP contribution in [0.5, 0.6) is 0 Å². The summed E-state index contributed by atoms with van der Waals surface area (Å²) >= 11 is 0. The Hall–Kier alpha value is -2.04. The van der Waals surface area contributed by atoms with Gasteiger partial charge in [0.25, 0.3) is 0 Å². The van der Waals surface area contributed by atoms with E-state index in [1.54, 1.807) is 0 Å². The molecule has 2 rings (SSSR count). The highest BCUT2D eigenvalue weighted by Gasteiger charge is 2.21. The number of rotatable bonds is 5. The molecule has 1 aliphatic heterocycles. The molecule has 0 spiro atoms. The van der Waals surface area contributed by atoms with Crippen molar-refractivity contribution in [3.05, 3.63) is 17.2 Å². The van der Waals surface area contributed by atoms with E-state index in [0.29, 0.717) is 6.41 Å². The predicted molar refractivity (Wildman–Crippen MR) is 89.5 cm³/mol. The second kappa shape index (κ2) is 6.61. The average Bonchev–Trinajstić information content (AvgIpc) is 2.94. The number of aryl methyl sites for hydroxylation is 1. The van der Waals surface area contributed by atoms with Crippen LogP contribution in [0, 0.1) is 6.92 Å². The molecule has 21 heavy (non-hydrogen) atoms. The van der Waals surface area contributed by atoms with E-state index in [4.69, 9.17) is 5.73 Å². The molecule has 1 amide bonds. The molecule has 1 aliphatic rings. The molecular formula is C16H24N4O. The third-order valence-corrected chi connectivity index (χ3v) is 3.72. The molecule has 1 saturated heterocycles. The van der Waals surface area contributed by atoms with Crippen LogP contribution in [0.1, 0.15) is 37.8 Å². The number of amides is 1. The first-order valence-corrected chi connectivity index (χ1v) is 7.46. The molecule has 5 nitrogen and oxygen atoms in total. The van der Waals surface area contributed by atoms with Gasteiger partial charge in [-0.1, -0.05) is 0 Å². The van der Waals surface area contributed by atoms with Gasteiger partial charge in [-0.2, -0.15) is 0 Å². The average molecular weight is 288 g/mol. The van der Waals surface area contributed by atoms with Crippen LogP contribution in [0.3, 0.4) is 0 Å². The Labute approximate surface area is 126 Å². The van der Waals surface area contributed by atoms with Crippen LogP contribution < -0.4 is 16.0 Å². The Kier molecular flexibility index (Phi) is 4.83. The maximum absolute atomic E-state index is 10.9. The summed E-state index contributed by atoms with van der Waals surface area (Å²) in [6, 6.07) is 2.14. The first kappa shape index (κ1) is 15.4. The minimum absolute atomic E-state index is 0.207. The highest BCUT2D eigenvalue weighted by atomic mass is 16.1. The van der Waals surface area contributed by atoms with Crippen LogP contribution in [-0.2, 0) is 4.79 Å². The number of carbonyl (C=O) groups excluding carboxylic acids is 1. The Bertz CT molecular complexity index is 546. The fourth-order valence-electron chi connectivity index (χ4n) is 2.66. The zero-order chi connectivity index (χ0) is 15.4. The van der Waals surface area contributed by atoms with Crippen molar-refractivity contribution < 1.29 is 4.79 Å². The number of carbonyl (C=O) groups is 1. The van der Waals surface area contributed by atoms with Gasteiger partial charge in [-0.15, -0.1) is 0 Å². The lowest BCUT2D eigenvalue weighted by atomic mass is 10.0. The standard InChI is InChI=1S/C16H24N4O/c1-11(2)18-9-13-15(17)12(3)8-14(19-10-21)16(13)20-6-4-5-7-20/h8-11H,4-7,17H2,1-3H3,(H,19,21). The Morgan fingerprint density at radius 2 is 2.05 bits per heavy atom. The van der Waals surface area contributed by atoms with Gasteiger partial charge in [0.05, 0.1) is 11.4 Å². The van der Waals surface area contributed by atoms with E-state index < -0.39 is 0 Å². The number of hydrogen-bond acceptors (Lipinski definition) is 4. The van der Waals surface area contributed by atoms with Gasteiger partial charge >= 0.3 is 0 Å². The van der Waals surface area contributed by atoms with Crippen LogP contribution in [-0.4, -0.2) is 31.8 Å². The molecule has 0 atom stereocenters. The first-order chi connectivity index (χ1) is 10.0. The molecular weight excluding hydrogens is 264 g/mol. The van der Waals surface area contributed by atoms with E-state index in [-0.39, 0.29) is 6.04 Å². The molecule has 1 aromatic rings. The molecule has 0 saturated carbocycles. The molecule has 114 valence electrons. The summed E-state index contributed by atoms with van der Waals surface area (Å²) in [5.41, 5.74) is 10.7. The van der Waals surface area contributed by atoms with Crippen molar-refractivity contribution in [2.75, 3.05) is 29.0 Å². The fourth-order valence-corrected chi connectivity index (χ4v) is 2.66. The lowest BCUT2D eigenvalue weighted by Gasteiger charge is -2.25. The SMILES string of the molecule is Cc1cc(NC=O)c(N2CCCC2)c(C=NC(C)C)c1N. The number of anilines is 3. The van der Waals surface area contributed by atoms with Crippen LogP contribution in [0.4, 0.5) is 17.1 Å². The molecule has 0 radical (unpaired) electrons. The van der Waals surface area contributed by atoms with E-state index >= 15 is 0 Å². The van der Waals surface area contributed by atoms with Crippen LogP contribution in [0.15, 0.2) is 11.1 Å². The van der Waals surface area contributed by atoms with Gasteiger partial charge in [0, 0.05) is 36.6 Å². The molecule has 5 heteroatoms. The lowest BCUT2D eigenvalue weighted by Crippen LogP contribution is -2.22. The Morgan fingerprint density at radius 1 is 1.38 bits per heavy atom. The van der Waals surface area contributed by atoms with E-state index in [9.17, 15) is 4.79 Å². The summed E-state index contributed by atoms with van der Waals surface area (Å²) < 4.78 is 0. The summed E-state index contributed by atoms with van der Waals surface area (Å²) in [6.45, 7) is 7.98. The highest BCUT2D eigenvalue weighted by Crippen LogP contribution is 2.37. The van der Waals surface area contributed by atoms with Gasteiger partial charge in [-0.05, 0) is 45.2 Å². The van der Waals surface area contributed by atoms with E-state index in [1.807, 2.05) is 33.1 Å². The molecule has 3 N–H and O–H groups in total. The molecule has 1 fully saturated rings. The number of nitrogen functional groups attached to an aromatic ring is 1. The second-order valence-electron chi connectivity index (χ2n) is 5.75. The second-order valence-corrected chi connectivity index (χ2v) is 5.75. The normalized spacial score (nSPS) is 15.1. The maximum atomic E-state index is 10.9. The van der Waals surface area contributed by atoms with Gasteiger partial charge < -0.3 is 16.0 Å². The summed E-state index contributed by atoms with van der Waals surface area (Å²) in [5.74, 6) is 0. The number of nitrogens with one attached hydrogen (secondary N) is 1. The number of aliphatic imine (C=N–C) groups is 1. The van der Waals surface area contributed by atoms with Crippen LogP contribution >= 0.6 is 0 Å². The molecule has 0 unspecified atom stereocenters. The smallest absolute Gasteiger partial charge is 0.211 e. The third kappa shape index (κ3) is 3.35. The quantitative estimate of drug-likeness (QED) is 0.497. The van der Waals surface area contributed by atoms with Gasteiger partial charge in [0.15, 0.2) is 0 Å². The van der Waals surface area contributed by atoms with Crippen LogP contribution in [0.25, 0.3) is 0 Å². The molecule has 0 aromatic heterocycles. The number of nitrogens with zero attached hydrogens (tertiary/aromatic N) is 2. The zero-order valence-electron chi connectivity index (χ0n) is 13.0. The number of benzene rings is 1. The molecule has 1 aromatic carbocycles. The first-order valence-electron chi connectivity index (χ1n) is 7.46. The van der Waals surface area contributed by atoms with Crippen molar-refractivity contribution in [2.45, 2.75) is 39.7 Å². The van der Waals surface area contributed by atoms with Crippen molar-refractivity contribution in [1.82, 2.24) is 0 Å². The van der Waals surface area contributed by atoms with Gasteiger partial charge in [0.1, 0.15) is 0 Å². The maximum Gasteiger partial charge on any atom is 0.211 e. The highest BCUT2D eigenvalue weighted by molar-refractivity contribution is 6.01. The zero-order valence-corrected chi connectivity index (χ0v) is 13.0. The minimum Gasteiger partial charge on any atom is -0.398 e. The van der Waals surface area contributed by atoms with Gasteiger partial charge in [0.2, 0.25) is 6.41 Å². The molecule has 0 aliphatic carbocycles. The van der Waals surface area contributed by atoms with E-state index in [0.717, 1.165) is 54.1 Å². The largest absolute Gasteiger partial charge is 0.398 e. The summed E-state index contributed by atoms with van der Waals surface area (Å²) in [4.78, 5) is 17.7. The van der Waals surface area contributed by atoms with E-state index in [1.165, 1.54) is 0 Å². The van der Waals surface area contributed by atoms with Crippen LogP contribution in [0.2, 0.25) is 0 Å². The molecule has 0 bridgehead atoms. The van der Waals surface area contributed by atoms with Crippen molar-refractivity contribution in [3.63, 3.8) is 0 Å². The summed E-state index contributed by atoms with van der Waals surface area (Å²) in [5, 5.41) is 2.81. The van der Waals surface area contributed by atoms with Crippen molar-refractivity contribution >= 4 is 29.7 Å². The van der Waals surface area contributed by atoms with E-state index in [2.05, 4.69) is 15.2 Å². The minimum atomic E-state index is 0.207. The lowest BCUT2D eigenvalue weighted by molar-refractivity contribution is -0.105. The Morgan fingerprint density at radius 3 is 2.62 bits per heavy atom. The summed E-state index contributed by atoms with van der Waals surface area (Å²) in [7, 11) is 0. The monoisotopic (exact) mass is 288 g/mol. The van der Waals surface area contributed by atoms with Crippen molar-refractivity contribution in [3.8, 4) is 0 Å². The third-order valence-electron chi connectivity index (χ3n) is 3.72. The Balaban J connectivity index is 2.59.